The lowest BCUT2D eigenvalue weighted by molar-refractivity contribution is -0.384. The number of nitrogens with zero attached hydrogens (tertiary/aromatic N) is 2. The van der Waals surface area contributed by atoms with Crippen molar-refractivity contribution in [2.24, 2.45) is 5.92 Å². The number of rotatable bonds is 3. The van der Waals surface area contributed by atoms with E-state index in [1.54, 1.807) is 4.90 Å². The Hall–Kier alpha value is -1.33. The minimum atomic E-state index is -0.630. The first kappa shape index (κ1) is 16.0. The summed E-state index contributed by atoms with van der Waals surface area (Å²) >= 11 is 11.7. The quantitative estimate of drug-likeness (QED) is 0.617. The summed E-state index contributed by atoms with van der Waals surface area (Å²) in [5, 5.41) is 10.9. The molecule has 1 aliphatic heterocycles. The van der Waals surface area contributed by atoms with E-state index < -0.39 is 4.92 Å². The minimum Gasteiger partial charge on any atom is -0.335 e. The number of amides is 1. The van der Waals surface area contributed by atoms with Gasteiger partial charge in [0.05, 0.1) is 9.95 Å². The highest BCUT2D eigenvalue weighted by molar-refractivity contribution is 6.43. The maximum absolute atomic E-state index is 12.6. The number of hydrogen-bond donors (Lipinski definition) is 0. The number of halogens is 2. The number of nitro groups is 1. The topological polar surface area (TPSA) is 63.5 Å². The number of benzene rings is 1. The lowest BCUT2D eigenvalue weighted by Crippen LogP contribution is -2.38. The van der Waals surface area contributed by atoms with Crippen molar-refractivity contribution in [3.63, 3.8) is 0 Å². The molecule has 0 aromatic heterocycles. The highest BCUT2D eigenvalue weighted by Crippen LogP contribution is 2.34. The summed E-state index contributed by atoms with van der Waals surface area (Å²) in [4.78, 5) is 24.7. The van der Waals surface area contributed by atoms with Gasteiger partial charge in [0.1, 0.15) is 5.02 Å². The Balaban J connectivity index is 2.38. The van der Waals surface area contributed by atoms with Gasteiger partial charge in [-0.15, -0.1) is 0 Å². The summed E-state index contributed by atoms with van der Waals surface area (Å²) in [6.07, 6.45) is 1.89. The SMILES string of the molecule is CC(C)C1CCCN1C(=O)c1cc(Cl)c(Cl)c([N+](=O)[O-])c1. The zero-order valence-electron chi connectivity index (χ0n) is 11.8. The number of hydrogen-bond acceptors (Lipinski definition) is 3. The maximum atomic E-state index is 12.6. The number of carbonyl (C=O) groups excluding carboxylic acids is 1. The molecule has 0 saturated carbocycles. The maximum Gasteiger partial charge on any atom is 0.290 e. The van der Waals surface area contributed by atoms with Crippen LogP contribution in [0.2, 0.25) is 10.0 Å². The van der Waals surface area contributed by atoms with Gasteiger partial charge in [-0.25, -0.2) is 0 Å². The summed E-state index contributed by atoms with van der Waals surface area (Å²) < 4.78 is 0. The van der Waals surface area contributed by atoms with Crippen molar-refractivity contribution in [3.8, 4) is 0 Å². The van der Waals surface area contributed by atoms with Crippen LogP contribution >= 0.6 is 23.2 Å². The highest BCUT2D eigenvalue weighted by atomic mass is 35.5. The van der Waals surface area contributed by atoms with Crippen LogP contribution in [0.25, 0.3) is 0 Å². The Morgan fingerprint density at radius 3 is 2.67 bits per heavy atom. The van der Waals surface area contributed by atoms with Gasteiger partial charge in [-0.1, -0.05) is 37.0 Å². The average molecular weight is 331 g/mol. The number of likely N-dealkylation sites (tertiary alicyclic amines) is 1. The van der Waals surface area contributed by atoms with Crippen LogP contribution in [-0.4, -0.2) is 28.3 Å². The lowest BCUT2D eigenvalue weighted by atomic mass is 10.0. The summed E-state index contributed by atoms with van der Waals surface area (Å²) in [6, 6.07) is 2.76. The fourth-order valence-electron chi connectivity index (χ4n) is 2.73. The van der Waals surface area contributed by atoms with Crippen LogP contribution in [0, 0.1) is 16.0 Å². The van der Waals surface area contributed by atoms with Crippen LogP contribution < -0.4 is 0 Å². The molecule has 0 aliphatic carbocycles. The minimum absolute atomic E-state index is 0.0227. The van der Waals surface area contributed by atoms with E-state index >= 15 is 0 Å². The van der Waals surface area contributed by atoms with E-state index in [1.165, 1.54) is 12.1 Å². The standard InChI is InChI=1S/C14H16Cl2N2O3/c1-8(2)11-4-3-5-17(11)14(19)9-6-10(15)13(16)12(7-9)18(20)21/h6-8,11H,3-5H2,1-2H3. The van der Waals surface area contributed by atoms with E-state index in [2.05, 4.69) is 13.8 Å². The normalized spacial score (nSPS) is 18.3. The molecule has 1 amide bonds. The molecule has 1 atom stereocenters. The number of nitro benzene ring substituents is 1. The van der Waals surface area contributed by atoms with Gasteiger partial charge < -0.3 is 4.90 Å². The predicted molar refractivity (Wildman–Crippen MR) is 82.0 cm³/mol. The van der Waals surface area contributed by atoms with Crippen LogP contribution in [0.4, 0.5) is 5.69 Å². The average Bonchev–Trinajstić information content (AvgIpc) is 2.89. The smallest absolute Gasteiger partial charge is 0.290 e. The van der Waals surface area contributed by atoms with E-state index in [9.17, 15) is 14.9 Å². The van der Waals surface area contributed by atoms with Crippen molar-refractivity contribution >= 4 is 34.8 Å². The van der Waals surface area contributed by atoms with Gasteiger partial charge >= 0.3 is 0 Å². The molecule has 1 aromatic carbocycles. The van der Waals surface area contributed by atoms with Gasteiger partial charge in [-0.05, 0) is 24.8 Å². The molecule has 2 rings (SSSR count). The molecule has 0 bridgehead atoms. The predicted octanol–water partition coefficient (Wildman–Crippen LogP) is 4.16. The monoisotopic (exact) mass is 330 g/mol. The molecule has 0 spiro atoms. The molecular formula is C14H16Cl2N2O3. The summed E-state index contributed by atoms with van der Waals surface area (Å²) in [5.74, 6) is 0.113. The first-order chi connectivity index (χ1) is 9.82. The first-order valence-corrected chi connectivity index (χ1v) is 7.53. The van der Waals surface area contributed by atoms with E-state index in [0.29, 0.717) is 12.5 Å². The van der Waals surface area contributed by atoms with E-state index in [4.69, 9.17) is 23.2 Å². The molecule has 114 valence electrons. The van der Waals surface area contributed by atoms with Gasteiger partial charge in [-0.2, -0.15) is 0 Å². The second-order valence-electron chi connectivity index (χ2n) is 5.50. The molecule has 1 unspecified atom stereocenters. The Bertz CT molecular complexity index is 590. The molecule has 0 N–H and O–H groups in total. The summed E-state index contributed by atoms with van der Waals surface area (Å²) in [6.45, 7) is 4.79. The second kappa shape index (κ2) is 6.20. The van der Waals surface area contributed by atoms with E-state index in [1.807, 2.05) is 0 Å². The Kier molecular flexibility index (Phi) is 4.74. The Labute approximate surface area is 133 Å². The molecule has 0 radical (unpaired) electrons. The molecule has 1 aliphatic rings. The van der Waals surface area contributed by atoms with Crippen molar-refractivity contribution in [2.75, 3.05) is 6.54 Å². The third-order valence-corrected chi connectivity index (χ3v) is 4.57. The van der Waals surface area contributed by atoms with Crippen molar-refractivity contribution in [3.05, 3.63) is 37.9 Å². The van der Waals surface area contributed by atoms with Gasteiger partial charge in [0.2, 0.25) is 0 Å². The van der Waals surface area contributed by atoms with E-state index in [0.717, 1.165) is 12.8 Å². The molecule has 7 heteroatoms. The van der Waals surface area contributed by atoms with Crippen LogP contribution in [0.3, 0.4) is 0 Å². The van der Waals surface area contributed by atoms with Crippen LogP contribution in [0.5, 0.6) is 0 Å². The zero-order chi connectivity index (χ0) is 15.7. The molecular weight excluding hydrogens is 315 g/mol. The molecule has 1 aromatic rings. The van der Waals surface area contributed by atoms with Crippen molar-refractivity contribution in [1.82, 2.24) is 4.90 Å². The van der Waals surface area contributed by atoms with Gasteiger partial charge in [0.15, 0.2) is 0 Å². The van der Waals surface area contributed by atoms with Gasteiger partial charge in [-0.3, -0.25) is 14.9 Å². The van der Waals surface area contributed by atoms with Crippen LogP contribution in [0.1, 0.15) is 37.0 Å². The Morgan fingerprint density at radius 2 is 2.10 bits per heavy atom. The molecule has 1 saturated heterocycles. The van der Waals surface area contributed by atoms with Gasteiger partial charge in [0.25, 0.3) is 11.6 Å². The Morgan fingerprint density at radius 1 is 1.43 bits per heavy atom. The number of carbonyl (C=O) groups is 1. The third kappa shape index (κ3) is 3.14. The second-order valence-corrected chi connectivity index (χ2v) is 6.29. The van der Waals surface area contributed by atoms with Crippen molar-refractivity contribution in [1.29, 1.82) is 0 Å². The van der Waals surface area contributed by atoms with Crippen molar-refractivity contribution in [2.45, 2.75) is 32.7 Å². The van der Waals surface area contributed by atoms with E-state index in [-0.39, 0.29) is 33.2 Å². The highest BCUT2D eigenvalue weighted by Gasteiger charge is 2.32. The van der Waals surface area contributed by atoms with Crippen LogP contribution in [0.15, 0.2) is 12.1 Å². The van der Waals surface area contributed by atoms with Gasteiger partial charge in [0, 0.05) is 24.2 Å². The zero-order valence-corrected chi connectivity index (χ0v) is 13.3. The largest absolute Gasteiger partial charge is 0.335 e. The molecule has 1 heterocycles. The summed E-state index contributed by atoms with van der Waals surface area (Å²) in [7, 11) is 0. The first-order valence-electron chi connectivity index (χ1n) is 6.77. The fraction of sp³-hybridized carbons (Fsp3) is 0.500. The fourth-order valence-corrected chi connectivity index (χ4v) is 3.13. The lowest BCUT2D eigenvalue weighted by Gasteiger charge is -2.27. The molecule has 1 fully saturated rings. The molecule has 5 nitrogen and oxygen atoms in total. The van der Waals surface area contributed by atoms with Crippen molar-refractivity contribution < 1.29 is 9.72 Å². The molecule has 21 heavy (non-hydrogen) atoms. The summed E-state index contributed by atoms with van der Waals surface area (Å²) in [5.41, 5.74) is -0.128. The van der Waals surface area contributed by atoms with Crippen LogP contribution in [-0.2, 0) is 0 Å². The third-order valence-electron chi connectivity index (χ3n) is 3.78.